The molecule has 1 saturated heterocycles. The standard InChI is InChI=1S/C7H16O3Si/c1-6(11-8-2)3-9-4-7-5-10-7/h6-7H,3-5,11H2,1-2H3. The fraction of sp³-hybridized carbons (Fsp3) is 1.00. The van der Waals surface area contributed by atoms with Crippen molar-refractivity contribution in [2.24, 2.45) is 0 Å². The predicted molar refractivity (Wildman–Crippen MR) is 45.5 cm³/mol. The third kappa shape index (κ3) is 4.52. The van der Waals surface area contributed by atoms with Crippen LogP contribution in [0, 0.1) is 0 Å². The number of hydrogen-bond acceptors (Lipinski definition) is 3. The molecule has 66 valence electrons. The molecule has 0 N–H and O–H groups in total. The fourth-order valence-corrected chi connectivity index (χ4v) is 1.73. The first-order chi connectivity index (χ1) is 5.33. The van der Waals surface area contributed by atoms with Gasteiger partial charge in [-0.3, -0.25) is 0 Å². The largest absolute Gasteiger partial charge is 0.427 e. The molecule has 1 fully saturated rings. The molecule has 0 bridgehead atoms. The van der Waals surface area contributed by atoms with Gasteiger partial charge in [-0.05, 0) is 5.54 Å². The van der Waals surface area contributed by atoms with Gasteiger partial charge in [0.15, 0.2) is 9.76 Å². The summed E-state index contributed by atoms with van der Waals surface area (Å²) in [5.74, 6) is 0. The molecule has 0 radical (unpaired) electrons. The van der Waals surface area contributed by atoms with Gasteiger partial charge in [0.2, 0.25) is 0 Å². The summed E-state index contributed by atoms with van der Waals surface area (Å²) < 4.78 is 15.5. The van der Waals surface area contributed by atoms with Crippen molar-refractivity contribution < 1.29 is 13.9 Å². The Morgan fingerprint density at radius 2 is 2.45 bits per heavy atom. The summed E-state index contributed by atoms with van der Waals surface area (Å²) in [6, 6.07) is 0. The van der Waals surface area contributed by atoms with Crippen LogP contribution in [0.15, 0.2) is 0 Å². The molecule has 1 rings (SSSR count). The molecule has 0 aromatic carbocycles. The minimum atomic E-state index is -0.344. The first-order valence-electron chi connectivity index (χ1n) is 4.01. The summed E-state index contributed by atoms with van der Waals surface area (Å²) in [6.07, 6.45) is 0.395. The minimum absolute atomic E-state index is 0.344. The van der Waals surface area contributed by atoms with Crippen molar-refractivity contribution in [1.82, 2.24) is 0 Å². The molecule has 2 unspecified atom stereocenters. The van der Waals surface area contributed by atoms with Crippen molar-refractivity contribution >= 4 is 9.76 Å². The zero-order chi connectivity index (χ0) is 8.10. The van der Waals surface area contributed by atoms with E-state index in [1.54, 1.807) is 7.11 Å². The molecule has 4 heteroatoms. The first kappa shape index (κ1) is 9.19. The van der Waals surface area contributed by atoms with Gasteiger partial charge in [-0.25, -0.2) is 0 Å². The third-order valence-corrected chi connectivity index (χ3v) is 2.70. The van der Waals surface area contributed by atoms with E-state index in [4.69, 9.17) is 13.9 Å². The Morgan fingerprint density at radius 1 is 1.73 bits per heavy atom. The molecule has 1 aliphatic heterocycles. The zero-order valence-electron chi connectivity index (χ0n) is 7.21. The molecule has 0 saturated carbocycles. The van der Waals surface area contributed by atoms with E-state index in [1.807, 2.05) is 0 Å². The number of epoxide rings is 1. The van der Waals surface area contributed by atoms with Gasteiger partial charge in [-0.15, -0.1) is 0 Å². The second-order valence-corrected chi connectivity index (χ2v) is 5.36. The topological polar surface area (TPSA) is 31.0 Å². The van der Waals surface area contributed by atoms with Crippen molar-refractivity contribution in [2.45, 2.75) is 18.6 Å². The maximum Gasteiger partial charge on any atom is 0.166 e. The van der Waals surface area contributed by atoms with Crippen molar-refractivity contribution in [3.8, 4) is 0 Å². The van der Waals surface area contributed by atoms with E-state index in [0.717, 1.165) is 19.8 Å². The maximum absolute atomic E-state index is 5.40. The van der Waals surface area contributed by atoms with Crippen LogP contribution >= 0.6 is 0 Å². The average Bonchev–Trinajstić information content (AvgIpc) is 2.72. The molecule has 2 atom stereocenters. The Morgan fingerprint density at radius 3 is 3.00 bits per heavy atom. The molecule has 0 aliphatic carbocycles. The Labute approximate surface area is 70.0 Å². The monoisotopic (exact) mass is 176 g/mol. The highest BCUT2D eigenvalue weighted by atomic mass is 28.2. The van der Waals surface area contributed by atoms with E-state index in [-0.39, 0.29) is 9.76 Å². The summed E-state index contributed by atoms with van der Waals surface area (Å²) in [7, 11) is 1.43. The molecule has 0 aromatic heterocycles. The molecule has 0 aromatic rings. The lowest BCUT2D eigenvalue weighted by Gasteiger charge is -2.08. The van der Waals surface area contributed by atoms with Crippen LogP contribution in [-0.4, -0.2) is 42.8 Å². The normalized spacial score (nSPS) is 26.2. The lowest BCUT2D eigenvalue weighted by atomic mass is 10.5. The first-order valence-corrected chi connectivity index (χ1v) is 5.40. The highest BCUT2D eigenvalue weighted by molar-refractivity contribution is 6.29. The van der Waals surface area contributed by atoms with Crippen LogP contribution in [-0.2, 0) is 13.9 Å². The van der Waals surface area contributed by atoms with Crippen LogP contribution in [0.1, 0.15) is 6.92 Å². The molecule has 0 amide bonds. The fourth-order valence-electron chi connectivity index (χ4n) is 0.898. The highest BCUT2D eigenvalue weighted by Gasteiger charge is 2.22. The second kappa shape index (κ2) is 4.87. The molecule has 11 heavy (non-hydrogen) atoms. The lowest BCUT2D eigenvalue weighted by molar-refractivity contribution is 0.115. The summed E-state index contributed by atoms with van der Waals surface area (Å²) in [5, 5.41) is 0. The number of rotatable bonds is 6. The van der Waals surface area contributed by atoms with E-state index in [1.165, 1.54) is 0 Å². The van der Waals surface area contributed by atoms with Crippen molar-refractivity contribution in [3.63, 3.8) is 0 Å². The molecular weight excluding hydrogens is 160 g/mol. The van der Waals surface area contributed by atoms with Crippen LogP contribution in [0.3, 0.4) is 0 Å². The van der Waals surface area contributed by atoms with Crippen LogP contribution in [0.25, 0.3) is 0 Å². The van der Waals surface area contributed by atoms with Gasteiger partial charge < -0.3 is 13.9 Å². The minimum Gasteiger partial charge on any atom is -0.427 e. The zero-order valence-corrected chi connectivity index (χ0v) is 8.62. The summed E-state index contributed by atoms with van der Waals surface area (Å²) in [4.78, 5) is 0. The van der Waals surface area contributed by atoms with Crippen LogP contribution in [0.5, 0.6) is 0 Å². The summed E-state index contributed by atoms with van der Waals surface area (Å²) >= 11 is 0. The van der Waals surface area contributed by atoms with Crippen LogP contribution in [0.4, 0.5) is 0 Å². The van der Waals surface area contributed by atoms with Gasteiger partial charge in [0.1, 0.15) is 6.10 Å². The predicted octanol–water partition coefficient (Wildman–Crippen LogP) is -0.0596. The van der Waals surface area contributed by atoms with Crippen molar-refractivity contribution in [2.75, 3.05) is 26.9 Å². The summed E-state index contributed by atoms with van der Waals surface area (Å²) in [5.41, 5.74) is 0.624. The Balaban J connectivity index is 1.84. The SMILES string of the molecule is CO[SiH2]C(C)COCC1CO1. The average molecular weight is 176 g/mol. The van der Waals surface area contributed by atoms with E-state index < -0.39 is 0 Å². The Hall–Kier alpha value is 0.0969. The Bertz CT molecular complexity index is 106. The van der Waals surface area contributed by atoms with Crippen LogP contribution < -0.4 is 0 Å². The van der Waals surface area contributed by atoms with Crippen LogP contribution in [0.2, 0.25) is 5.54 Å². The van der Waals surface area contributed by atoms with E-state index in [9.17, 15) is 0 Å². The second-order valence-electron chi connectivity index (χ2n) is 3.05. The molecule has 1 aliphatic rings. The molecular formula is C7H16O3Si. The van der Waals surface area contributed by atoms with Crippen molar-refractivity contribution in [1.29, 1.82) is 0 Å². The van der Waals surface area contributed by atoms with E-state index >= 15 is 0 Å². The van der Waals surface area contributed by atoms with E-state index in [2.05, 4.69) is 6.92 Å². The number of hydrogen-bond donors (Lipinski definition) is 0. The lowest BCUT2D eigenvalue weighted by Crippen LogP contribution is -2.12. The maximum atomic E-state index is 5.40. The van der Waals surface area contributed by atoms with Gasteiger partial charge >= 0.3 is 0 Å². The molecule has 0 spiro atoms. The van der Waals surface area contributed by atoms with Gasteiger partial charge in [-0.1, -0.05) is 6.92 Å². The third-order valence-electron chi connectivity index (χ3n) is 1.56. The smallest absolute Gasteiger partial charge is 0.166 e. The Kier molecular flexibility index (Phi) is 4.07. The van der Waals surface area contributed by atoms with Crippen molar-refractivity contribution in [3.05, 3.63) is 0 Å². The molecule has 1 heterocycles. The number of ether oxygens (including phenoxy) is 2. The quantitative estimate of drug-likeness (QED) is 0.420. The van der Waals surface area contributed by atoms with Gasteiger partial charge in [0, 0.05) is 13.7 Å². The van der Waals surface area contributed by atoms with E-state index in [0.29, 0.717) is 11.6 Å². The van der Waals surface area contributed by atoms with Gasteiger partial charge in [-0.2, -0.15) is 0 Å². The van der Waals surface area contributed by atoms with Gasteiger partial charge in [0.05, 0.1) is 13.2 Å². The van der Waals surface area contributed by atoms with Gasteiger partial charge in [0.25, 0.3) is 0 Å². The summed E-state index contributed by atoms with van der Waals surface area (Å²) in [6.45, 7) is 4.65. The molecule has 3 nitrogen and oxygen atoms in total. The highest BCUT2D eigenvalue weighted by Crippen LogP contribution is 2.10.